The number of nitrogens with one attached hydrogen (secondary N) is 2. The van der Waals surface area contributed by atoms with Gasteiger partial charge in [-0.25, -0.2) is 9.78 Å². The van der Waals surface area contributed by atoms with E-state index in [0.717, 1.165) is 10.7 Å². The molecule has 3 rings (SSSR count). The zero-order valence-electron chi connectivity index (χ0n) is 16.2. The first kappa shape index (κ1) is 20.1. The lowest BCUT2D eigenvalue weighted by Gasteiger charge is -2.31. The van der Waals surface area contributed by atoms with Crippen molar-refractivity contribution in [3.05, 3.63) is 40.3 Å². The van der Waals surface area contributed by atoms with Crippen molar-refractivity contribution in [3.8, 4) is 5.75 Å². The molecule has 150 valence electrons. The summed E-state index contributed by atoms with van der Waals surface area (Å²) in [6.07, 6.45) is 1.31. The average Bonchev–Trinajstić information content (AvgIpc) is 3.13. The molecule has 1 saturated heterocycles. The van der Waals surface area contributed by atoms with E-state index in [2.05, 4.69) is 15.6 Å². The number of likely N-dealkylation sites (tertiary alicyclic amines) is 1. The van der Waals surface area contributed by atoms with Crippen LogP contribution in [0.5, 0.6) is 5.75 Å². The molecule has 1 aliphatic heterocycles. The Kier molecular flexibility index (Phi) is 6.86. The van der Waals surface area contributed by atoms with Crippen molar-refractivity contribution in [2.45, 2.75) is 33.2 Å². The molecule has 0 aliphatic carbocycles. The predicted molar refractivity (Wildman–Crippen MR) is 110 cm³/mol. The Morgan fingerprint density at radius 2 is 2.04 bits per heavy atom. The van der Waals surface area contributed by atoms with Crippen LogP contribution in [0.2, 0.25) is 0 Å². The number of nitrogens with zero attached hydrogens (tertiary/aromatic N) is 2. The smallest absolute Gasteiger partial charge is 0.321 e. The Labute approximate surface area is 169 Å². The fourth-order valence-electron chi connectivity index (χ4n) is 3.20. The quantitative estimate of drug-likeness (QED) is 0.776. The number of hydrogen-bond donors (Lipinski definition) is 2. The number of rotatable bonds is 6. The van der Waals surface area contributed by atoms with E-state index in [9.17, 15) is 9.59 Å². The maximum Gasteiger partial charge on any atom is 0.321 e. The monoisotopic (exact) mass is 402 g/mol. The normalized spacial score (nSPS) is 14.6. The number of carbonyl (C=O) groups excluding carboxylic acids is 2. The van der Waals surface area contributed by atoms with E-state index in [0.29, 0.717) is 50.5 Å². The van der Waals surface area contributed by atoms with Gasteiger partial charge in [-0.2, -0.15) is 0 Å². The van der Waals surface area contributed by atoms with E-state index in [1.165, 1.54) is 0 Å². The number of urea groups is 1. The maximum atomic E-state index is 12.6. The van der Waals surface area contributed by atoms with Gasteiger partial charge in [0.1, 0.15) is 5.75 Å². The first-order chi connectivity index (χ1) is 13.6. The molecule has 0 spiro atoms. The van der Waals surface area contributed by atoms with Crippen LogP contribution in [0.4, 0.5) is 10.5 Å². The van der Waals surface area contributed by atoms with Gasteiger partial charge in [-0.1, -0.05) is 12.1 Å². The summed E-state index contributed by atoms with van der Waals surface area (Å²) in [5.74, 6) is 0.622. The number of piperidine rings is 1. The van der Waals surface area contributed by atoms with Crippen molar-refractivity contribution >= 4 is 29.0 Å². The molecular formula is C20H26N4O3S. The number of benzene rings is 1. The molecule has 0 atom stereocenters. The molecular weight excluding hydrogens is 376 g/mol. The number of anilines is 1. The molecule has 1 fully saturated rings. The fraction of sp³-hybridized carbons (Fsp3) is 0.450. The van der Waals surface area contributed by atoms with Crippen molar-refractivity contribution in [2.75, 3.05) is 25.0 Å². The number of aromatic nitrogens is 1. The van der Waals surface area contributed by atoms with E-state index in [1.54, 1.807) is 16.2 Å². The number of thiazole rings is 1. The number of hydrogen-bond acceptors (Lipinski definition) is 5. The maximum absolute atomic E-state index is 12.6. The Balaban J connectivity index is 1.46. The van der Waals surface area contributed by atoms with Crippen molar-refractivity contribution in [3.63, 3.8) is 0 Å². The highest BCUT2D eigenvalue weighted by atomic mass is 32.1. The fourth-order valence-corrected chi connectivity index (χ4v) is 3.81. The summed E-state index contributed by atoms with van der Waals surface area (Å²) < 4.78 is 5.55. The van der Waals surface area contributed by atoms with E-state index < -0.39 is 0 Å². The van der Waals surface area contributed by atoms with Gasteiger partial charge in [-0.3, -0.25) is 4.79 Å². The predicted octanol–water partition coefficient (Wildman–Crippen LogP) is 3.41. The Hall–Kier alpha value is -2.61. The summed E-state index contributed by atoms with van der Waals surface area (Å²) in [5.41, 5.74) is 1.55. The van der Waals surface area contributed by atoms with Crippen LogP contribution < -0.4 is 15.4 Å². The van der Waals surface area contributed by atoms with E-state index in [1.807, 2.05) is 43.5 Å². The molecule has 7 nitrogen and oxygen atoms in total. The first-order valence-electron chi connectivity index (χ1n) is 9.53. The van der Waals surface area contributed by atoms with Crippen molar-refractivity contribution in [2.24, 2.45) is 5.92 Å². The largest absolute Gasteiger partial charge is 0.492 e. The summed E-state index contributed by atoms with van der Waals surface area (Å²) in [4.78, 5) is 31.1. The van der Waals surface area contributed by atoms with Crippen LogP contribution in [-0.4, -0.2) is 41.5 Å². The van der Waals surface area contributed by atoms with Crippen LogP contribution in [0.3, 0.4) is 0 Å². The third kappa shape index (κ3) is 5.22. The van der Waals surface area contributed by atoms with Gasteiger partial charge in [0.25, 0.3) is 0 Å². The summed E-state index contributed by atoms with van der Waals surface area (Å²) in [6, 6.07) is 7.22. The Morgan fingerprint density at radius 1 is 1.29 bits per heavy atom. The van der Waals surface area contributed by atoms with E-state index in [-0.39, 0.29) is 17.9 Å². The third-order valence-corrected chi connectivity index (χ3v) is 5.51. The highest BCUT2D eigenvalue weighted by molar-refractivity contribution is 7.09. The minimum Gasteiger partial charge on any atom is -0.492 e. The van der Waals surface area contributed by atoms with Gasteiger partial charge in [0.05, 0.1) is 29.5 Å². The molecule has 2 N–H and O–H groups in total. The van der Waals surface area contributed by atoms with Crippen LogP contribution in [-0.2, 0) is 11.3 Å². The molecule has 1 aromatic heterocycles. The van der Waals surface area contributed by atoms with Crippen LogP contribution in [0, 0.1) is 12.8 Å². The SMILES string of the molecule is CCOc1ccccc1NC(=O)N1CCC(C(=O)NCc2csc(C)n2)CC1. The Morgan fingerprint density at radius 3 is 2.71 bits per heavy atom. The number of ether oxygens (including phenoxy) is 1. The zero-order valence-corrected chi connectivity index (χ0v) is 17.1. The molecule has 8 heteroatoms. The molecule has 3 amide bonds. The Bertz CT molecular complexity index is 815. The van der Waals surface area contributed by atoms with Gasteiger partial charge < -0.3 is 20.3 Å². The topological polar surface area (TPSA) is 83.6 Å². The average molecular weight is 403 g/mol. The number of aryl methyl sites for hydroxylation is 1. The summed E-state index contributed by atoms with van der Waals surface area (Å²) in [5, 5.41) is 8.83. The highest BCUT2D eigenvalue weighted by Crippen LogP contribution is 2.25. The van der Waals surface area contributed by atoms with Crippen LogP contribution in [0.15, 0.2) is 29.6 Å². The molecule has 0 bridgehead atoms. The second kappa shape index (κ2) is 9.54. The summed E-state index contributed by atoms with van der Waals surface area (Å²) >= 11 is 1.58. The van der Waals surface area contributed by atoms with Crippen molar-refractivity contribution in [1.82, 2.24) is 15.2 Å². The van der Waals surface area contributed by atoms with Gasteiger partial charge in [0.2, 0.25) is 5.91 Å². The molecule has 0 saturated carbocycles. The van der Waals surface area contributed by atoms with Crippen LogP contribution in [0.25, 0.3) is 0 Å². The van der Waals surface area contributed by atoms with Gasteiger partial charge in [0.15, 0.2) is 0 Å². The lowest BCUT2D eigenvalue weighted by molar-refractivity contribution is -0.126. The molecule has 0 radical (unpaired) electrons. The lowest BCUT2D eigenvalue weighted by atomic mass is 9.96. The second-order valence-electron chi connectivity index (χ2n) is 6.70. The molecule has 1 aliphatic rings. The number of para-hydroxylation sites is 2. The standard InChI is InChI=1S/C20H26N4O3S/c1-3-27-18-7-5-4-6-17(18)23-20(26)24-10-8-15(9-11-24)19(25)21-12-16-13-28-14(2)22-16/h4-7,13,15H,3,8-12H2,1-2H3,(H,21,25)(H,23,26). The number of amides is 3. The van der Waals surface area contributed by atoms with Crippen LogP contribution in [0.1, 0.15) is 30.5 Å². The summed E-state index contributed by atoms with van der Waals surface area (Å²) in [6.45, 7) is 5.95. The zero-order chi connectivity index (χ0) is 19.9. The van der Waals surface area contributed by atoms with E-state index >= 15 is 0 Å². The molecule has 1 aromatic carbocycles. The van der Waals surface area contributed by atoms with Crippen molar-refractivity contribution < 1.29 is 14.3 Å². The molecule has 0 unspecified atom stereocenters. The highest BCUT2D eigenvalue weighted by Gasteiger charge is 2.27. The van der Waals surface area contributed by atoms with Gasteiger partial charge in [0, 0.05) is 24.4 Å². The first-order valence-corrected chi connectivity index (χ1v) is 10.4. The second-order valence-corrected chi connectivity index (χ2v) is 7.76. The van der Waals surface area contributed by atoms with Gasteiger partial charge in [-0.15, -0.1) is 11.3 Å². The minimum absolute atomic E-state index is 0.0346. The summed E-state index contributed by atoms with van der Waals surface area (Å²) in [7, 11) is 0. The van der Waals surface area contributed by atoms with Crippen molar-refractivity contribution in [1.29, 1.82) is 0 Å². The van der Waals surface area contributed by atoms with Gasteiger partial charge in [-0.05, 0) is 38.8 Å². The van der Waals surface area contributed by atoms with E-state index in [4.69, 9.17) is 4.74 Å². The minimum atomic E-state index is -0.163. The molecule has 2 heterocycles. The van der Waals surface area contributed by atoms with Crippen LogP contribution >= 0.6 is 11.3 Å². The third-order valence-electron chi connectivity index (χ3n) is 4.69. The number of carbonyl (C=O) groups is 2. The lowest BCUT2D eigenvalue weighted by Crippen LogP contribution is -2.44. The van der Waals surface area contributed by atoms with Gasteiger partial charge >= 0.3 is 6.03 Å². The molecule has 28 heavy (non-hydrogen) atoms. The molecule has 2 aromatic rings.